The number of hydrogen-bond donors (Lipinski definition) is 5. The van der Waals surface area contributed by atoms with Gasteiger partial charge in [-0.3, -0.25) is 14.8 Å². The van der Waals surface area contributed by atoms with Crippen LogP contribution in [0.1, 0.15) is 45.9 Å². The van der Waals surface area contributed by atoms with Crippen LogP contribution in [0.2, 0.25) is 0 Å². The fraction of sp³-hybridized carbons (Fsp3) is 0.286. The highest BCUT2D eigenvalue weighted by atomic mass is 19.1. The van der Waals surface area contributed by atoms with E-state index in [1.807, 2.05) is 30.5 Å². The molecule has 7 rings (SSSR count). The minimum atomic E-state index is -0.273. The number of carbonyl (C=O) groups excluding carboxylic acids is 1. The second-order valence-corrected chi connectivity index (χ2v) is 10.4. The molecule has 9 heteroatoms. The van der Waals surface area contributed by atoms with Gasteiger partial charge in [0.05, 0.1) is 23.4 Å². The van der Waals surface area contributed by atoms with Crippen LogP contribution in [-0.2, 0) is 6.54 Å². The minimum Gasteiger partial charge on any atom is -0.398 e. The molecule has 2 bridgehead atoms. The molecule has 4 unspecified atom stereocenters. The molecule has 37 heavy (non-hydrogen) atoms. The van der Waals surface area contributed by atoms with E-state index >= 15 is 0 Å². The molecule has 2 aliphatic heterocycles. The van der Waals surface area contributed by atoms with Crippen molar-refractivity contribution in [2.75, 3.05) is 17.7 Å². The monoisotopic (exact) mass is 497 g/mol. The van der Waals surface area contributed by atoms with Gasteiger partial charge < -0.3 is 16.5 Å². The van der Waals surface area contributed by atoms with Crippen molar-refractivity contribution >= 4 is 28.2 Å². The van der Waals surface area contributed by atoms with E-state index in [9.17, 15) is 9.18 Å². The Balaban J connectivity index is 1.08. The van der Waals surface area contributed by atoms with Gasteiger partial charge in [0.2, 0.25) is 0 Å². The van der Waals surface area contributed by atoms with Crippen molar-refractivity contribution in [1.29, 1.82) is 0 Å². The normalized spacial score (nSPS) is 24.4. The molecule has 1 aromatic heterocycles. The van der Waals surface area contributed by atoms with Gasteiger partial charge in [0.15, 0.2) is 0 Å². The smallest absolute Gasteiger partial charge is 0.251 e. The summed E-state index contributed by atoms with van der Waals surface area (Å²) in [4.78, 5) is 15.6. The van der Waals surface area contributed by atoms with E-state index in [2.05, 4.69) is 43.4 Å². The number of hydrazine groups is 1. The number of nitrogens with two attached hydrogens (primary N) is 1. The van der Waals surface area contributed by atoms with Crippen LogP contribution in [0.5, 0.6) is 0 Å². The number of rotatable bonds is 5. The number of hydrogen-bond acceptors (Lipinski definition) is 6. The first kappa shape index (κ1) is 22.3. The number of nitrogens with zero attached hydrogens (tertiary/aromatic N) is 2. The number of aromatic amines is 1. The van der Waals surface area contributed by atoms with Crippen molar-refractivity contribution in [2.24, 2.45) is 5.92 Å². The van der Waals surface area contributed by atoms with Crippen molar-refractivity contribution in [1.82, 2.24) is 25.8 Å². The topological polar surface area (TPSA) is 111 Å². The van der Waals surface area contributed by atoms with Gasteiger partial charge >= 0.3 is 0 Å². The lowest BCUT2D eigenvalue weighted by atomic mass is 9.96. The molecule has 2 fully saturated rings. The summed E-state index contributed by atoms with van der Waals surface area (Å²) in [5, 5.41) is 11.4. The molecule has 4 atom stereocenters. The number of piperidine rings is 1. The number of likely N-dealkylation sites (tertiary alicyclic amines) is 1. The van der Waals surface area contributed by atoms with E-state index in [1.165, 1.54) is 6.07 Å². The lowest BCUT2D eigenvalue weighted by molar-refractivity contribution is 0.0887. The molecule has 1 aliphatic carbocycles. The molecule has 3 heterocycles. The molecular weight excluding hydrogens is 469 g/mol. The molecule has 8 nitrogen and oxygen atoms in total. The molecule has 3 aliphatic rings. The molecule has 3 aromatic carbocycles. The molecule has 1 saturated heterocycles. The molecule has 1 saturated carbocycles. The van der Waals surface area contributed by atoms with Crippen molar-refractivity contribution in [3.8, 4) is 0 Å². The lowest BCUT2D eigenvalue weighted by Gasteiger charge is -2.34. The molecule has 4 aromatic rings. The second-order valence-electron chi connectivity index (χ2n) is 10.4. The lowest BCUT2D eigenvalue weighted by Crippen LogP contribution is -2.49. The standard InChI is InChI=1S/C28H28FN7O/c29-21-2-1-3-22(30)20(21)14-36-13-15-8-25(26(36)9-15)32-28(37)17-5-7-24-19(11-17)27(35-34-24)16-4-6-23-18(10-16)12-31-33-23/h1-7,10-12,15,25-27,34-35H,8-9,13-14,30H2,(H,31,33)(H,32,37). The van der Waals surface area contributed by atoms with Crippen LogP contribution in [0.15, 0.2) is 60.8 Å². The largest absolute Gasteiger partial charge is 0.398 e. The van der Waals surface area contributed by atoms with E-state index in [1.54, 1.807) is 12.1 Å². The Kier molecular flexibility index (Phi) is 5.16. The highest BCUT2D eigenvalue weighted by molar-refractivity contribution is 5.95. The zero-order valence-electron chi connectivity index (χ0n) is 20.2. The quantitative estimate of drug-likeness (QED) is 0.269. The highest BCUT2D eigenvalue weighted by Crippen LogP contribution is 2.40. The Hall–Kier alpha value is -3.95. The average Bonchev–Trinajstić information content (AvgIpc) is 3.68. The Morgan fingerprint density at radius 2 is 2.08 bits per heavy atom. The third-order valence-electron chi connectivity index (χ3n) is 8.19. The number of amides is 1. The first-order chi connectivity index (χ1) is 18.0. The summed E-state index contributed by atoms with van der Waals surface area (Å²) in [5.74, 6) is 0.144. The second kappa shape index (κ2) is 8.57. The molecule has 188 valence electrons. The first-order valence-electron chi connectivity index (χ1n) is 12.7. The fourth-order valence-corrected chi connectivity index (χ4v) is 6.36. The summed E-state index contributed by atoms with van der Waals surface area (Å²) >= 11 is 0. The summed E-state index contributed by atoms with van der Waals surface area (Å²) in [5.41, 5.74) is 18.3. The van der Waals surface area contributed by atoms with Crippen LogP contribution >= 0.6 is 0 Å². The maximum Gasteiger partial charge on any atom is 0.251 e. The van der Waals surface area contributed by atoms with Crippen LogP contribution < -0.4 is 21.9 Å². The van der Waals surface area contributed by atoms with Gasteiger partial charge in [-0.05, 0) is 66.8 Å². The van der Waals surface area contributed by atoms with Crippen LogP contribution in [0.25, 0.3) is 10.9 Å². The Bertz CT molecular complexity index is 1500. The molecular formula is C28H28FN7O. The minimum absolute atomic E-state index is 0.0306. The highest BCUT2D eigenvalue weighted by Gasteiger charge is 2.45. The summed E-state index contributed by atoms with van der Waals surface area (Å²) in [7, 11) is 0. The predicted molar refractivity (Wildman–Crippen MR) is 140 cm³/mol. The van der Waals surface area contributed by atoms with E-state index in [0.29, 0.717) is 29.3 Å². The average molecular weight is 498 g/mol. The summed E-state index contributed by atoms with van der Waals surface area (Å²) < 4.78 is 14.4. The van der Waals surface area contributed by atoms with Gasteiger partial charge in [-0.15, -0.1) is 0 Å². The molecule has 0 radical (unpaired) electrons. The Morgan fingerprint density at radius 3 is 2.95 bits per heavy atom. The summed E-state index contributed by atoms with van der Waals surface area (Å²) in [6.07, 6.45) is 3.77. The van der Waals surface area contributed by atoms with E-state index in [4.69, 9.17) is 5.73 Å². The van der Waals surface area contributed by atoms with Gasteiger partial charge in [0.1, 0.15) is 5.82 Å². The van der Waals surface area contributed by atoms with Gasteiger partial charge in [-0.1, -0.05) is 12.1 Å². The number of carbonyl (C=O) groups is 1. The number of nitrogen functional groups attached to an aromatic ring is 1. The van der Waals surface area contributed by atoms with E-state index in [-0.39, 0.29) is 29.8 Å². The summed E-state index contributed by atoms with van der Waals surface area (Å²) in [6, 6.07) is 16.9. The maximum absolute atomic E-state index is 14.4. The Morgan fingerprint density at radius 1 is 1.16 bits per heavy atom. The van der Waals surface area contributed by atoms with Crippen molar-refractivity contribution in [3.05, 3.63) is 88.9 Å². The number of benzene rings is 3. The maximum atomic E-state index is 14.4. The zero-order chi connectivity index (χ0) is 25.1. The van der Waals surface area contributed by atoms with Crippen molar-refractivity contribution < 1.29 is 9.18 Å². The van der Waals surface area contributed by atoms with Crippen molar-refractivity contribution in [3.63, 3.8) is 0 Å². The molecule has 1 amide bonds. The number of anilines is 2. The number of aromatic nitrogens is 2. The Labute approximate surface area is 213 Å². The number of nitrogens with one attached hydrogen (secondary N) is 4. The predicted octanol–water partition coefficient (Wildman–Crippen LogP) is 3.70. The number of H-pyrrole nitrogens is 1. The number of fused-ring (bicyclic) bond motifs is 4. The fourth-order valence-electron chi connectivity index (χ4n) is 6.36. The van der Waals surface area contributed by atoms with Crippen LogP contribution in [0, 0.1) is 11.7 Å². The summed E-state index contributed by atoms with van der Waals surface area (Å²) in [6.45, 7) is 1.37. The van der Waals surface area contributed by atoms with E-state index in [0.717, 1.165) is 47.1 Å². The van der Waals surface area contributed by atoms with Crippen LogP contribution in [0.3, 0.4) is 0 Å². The molecule has 6 N–H and O–H groups in total. The third kappa shape index (κ3) is 3.82. The van der Waals surface area contributed by atoms with Crippen molar-refractivity contribution in [2.45, 2.75) is 37.5 Å². The van der Waals surface area contributed by atoms with E-state index < -0.39 is 0 Å². The number of halogens is 1. The first-order valence-corrected chi connectivity index (χ1v) is 12.7. The zero-order valence-corrected chi connectivity index (χ0v) is 20.2. The third-order valence-corrected chi connectivity index (χ3v) is 8.19. The van der Waals surface area contributed by atoms with Gasteiger partial charge in [-0.25, -0.2) is 9.82 Å². The van der Waals surface area contributed by atoms with Gasteiger partial charge in [-0.2, -0.15) is 5.10 Å². The van der Waals surface area contributed by atoms with Crippen LogP contribution in [-0.4, -0.2) is 39.6 Å². The van der Waals surface area contributed by atoms with Crippen LogP contribution in [0.4, 0.5) is 15.8 Å². The SMILES string of the molecule is Nc1cccc(F)c1CN1CC2CC(NC(=O)c3ccc4c(c3)C(c3ccc5[nH]ncc5c3)NN4)C1C2. The van der Waals surface area contributed by atoms with Gasteiger partial charge in [0.25, 0.3) is 5.91 Å². The molecule has 0 spiro atoms. The van der Waals surface area contributed by atoms with Gasteiger partial charge in [0, 0.05) is 52.9 Å².